The number of furan rings is 2. The second kappa shape index (κ2) is 8.76. The number of benzene rings is 1. The molecule has 2 aromatic heterocycles. The molecule has 1 aromatic carbocycles. The van der Waals surface area contributed by atoms with Crippen molar-refractivity contribution in [1.82, 2.24) is 10.0 Å². The maximum atomic E-state index is 12.4. The number of sulfonamides is 1. The quantitative estimate of drug-likeness (QED) is 0.515. The van der Waals surface area contributed by atoms with Crippen LogP contribution in [0.25, 0.3) is 0 Å². The molecular weight excluding hydrogens is 398 g/mol. The molecule has 0 bridgehead atoms. The molecule has 0 unspecified atom stereocenters. The van der Waals surface area contributed by atoms with E-state index in [0.29, 0.717) is 5.76 Å². The third kappa shape index (κ3) is 5.33. The Morgan fingerprint density at radius 2 is 1.79 bits per heavy atom. The van der Waals surface area contributed by atoms with Crippen LogP contribution in [0.3, 0.4) is 0 Å². The van der Waals surface area contributed by atoms with Gasteiger partial charge in [0.05, 0.1) is 24.0 Å². The third-order valence-corrected chi connectivity index (χ3v) is 5.31. The number of anilines is 1. The fourth-order valence-corrected chi connectivity index (χ4v) is 3.43. The topological polar surface area (TPSA) is 131 Å². The third-order valence-electron chi connectivity index (χ3n) is 3.91. The summed E-state index contributed by atoms with van der Waals surface area (Å²) in [7, 11) is -3.81. The van der Waals surface area contributed by atoms with Crippen LogP contribution in [-0.4, -0.2) is 26.3 Å². The molecule has 0 aliphatic rings. The van der Waals surface area contributed by atoms with E-state index >= 15 is 0 Å². The molecule has 1 atom stereocenters. The standard InChI is InChI=1S/C19H19N3O6S/c1-13(21-19(24)17-8-4-10-28-17)18(23)22-14-5-2-7-16(11-14)29(25,26)20-12-15-6-3-9-27-15/h2-11,13,20H,12H2,1H3,(H,21,24)(H,22,23)/t13-/m0/s1. The molecule has 0 saturated heterocycles. The molecule has 0 fully saturated rings. The Morgan fingerprint density at radius 1 is 1.03 bits per heavy atom. The molecule has 2 amide bonds. The summed E-state index contributed by atoms with van der Waals surface area (Å²) in [6.45, 7) is 1.50. The van der Waals surface area contributed by atoms with Crippen molar-refractivity contribution in [2.24, 2.45) is 0 Å². The summed E-state index contributed by atoms with van der Waals surface area (Å²) in [6.07, 6.45) is 2.80. The molecule has 3 aromatic rings. The summed E-state index contributed by atoms with van der Waals surface area (Å²) < 4.78 is 37.4. The minimum absolute atomic E-state index is 0.00175. The zero-order valence-electron chi connectivity index (χ0n) is 15.4. The van der Waals surface area contributed by atoms with E-state index in [1.807, 2.05) is 0 Å². The first-order chi connectivity index (χ1) is 13.8. The smallest absolute Gasteiger partial charge is 0.287 e. The predicted octanol–water partition coefficient (Wildman–Crippen LogP) is 2.11. The van der Waals surface area contributed by atoms with Gasteiger partial charge in [0.1, 0.15) is 11.8 Å². The highest BCUT2D eigenvalue weighted by molar-refractivity contribution is 7.89. The lowest BCUT2D eigenvalue weighted by atomic mass is 10.2. The SMILES string of the molecule is C[C@H](NC(=O)c1ccco1)C(=O)Nc1cccc(S(=O)(=O)NCc2ccco2)c1. The molecule has 0 saturated carbocycles. The van der Waals surface area contributed by atoms with Gasteiger partial charge in [-0.25, -0.2) is 13.1 Å². The van der Waals surface area contributed by atoms with E-state index in [9.17, 15) is 18.0 Å². The minimum atomic E-state index is -3.81. The molecule has 0 aliphatic heterocycles. The van der Waals surface area contributed by atoms with Crippen molar-refractivity contribution in [2.45, 2.75) is 24.4 Å². The molecule has 3 rings (SSSR count). The number of carbonyl (C=O) groups is 2. The van der Waals surface area contributed by atoms with Crippen LogP contribution in [0.5, 0.6) is 0 Å². The van der Waals surface area contributed by atoms with E-state index in [4.69, 9.17) is 8.83 Å². The second-order valence-corrected chi connectivity index (χ2v) is 7.86. The normalized spacial score (nSPS) is 12.3. The molecule has 152 valence electrons. The molecule has 0 aliphatic carbocycles. The van der Waals surface area contributed by atoms with Crippen LogP contribution in [-0.2, 0) is 21.4 Å². The van der Waals surface area contributed by atoms with E-state index in [1.54, 1.807) is 24.3 Å². The van der Waals surface area contributed by atoms with Gasteiger partial charge in [-0.05, 0) is 49.4 Å². The molecule has 2 heterocycles. The van der Waals surface area contributed by atoms with Gasteiger partial charge in [-0.2, -0.15) is 0 Å². The Kier molecular flexibility index (Phi) is 6.15. The van der Waals surface area contributed by atoms with Crippen LogP contribution in [0.1, 0.15) is 23.2 Å². The molecule has 29 heavy (non-hydrogen) atoms. The number of nitrogens with one attached hydrogen (secondary N) is 3. The van der Waals surface area contributed by atoms with Gasteiger partial charge in [0.2, 0.25) is 15.9 Å². The monoisotopic (exact) mass is 417 g/mol. The Hall–Kier alpha value is -3.37. The zero-order valence-corrected chi connectivity index (χ0v) is 16.2. The highest BCUT2D eigenvalue weighted by Crippen LogP contribution is 2.16. The lowest BCUT2D eigenvalue weighted by molar-refractivity contribution is -0.117. The predicted molar refractivity (Wildman–Crippen MR) is 103 cm³/mol. The number of hydrogen-bond donors (Lipinski definition) is 3. The van der Waals surface area contributed by atoms with Crippen LogP contribution in [0.4, 0.5) is 5.69 Å². The maximum Gasteiger partial charge on any atom is 0.287 e. The van der Waals surface area contributed by atoms with Crippen molar-refractivity contribution < 1.29 is 26.8 Å². The van der Waals surface area contributed by atoms with Crippen molar-refractivity contribution >= 4 is 27.5 Å². The maximum absolute atomic E-state index is 12.4. The molecule has 9 nitrogen and oxygen atoms in total. The van der Waals surface area contributed by atoms with E-state index in [-0.39, 0.29) is 22.9 Å². The average Bonchev–Trinajstić information content (AvgIpc) is 3.40. The van der Waals surface area contributed by atoms with E-state index in [0.717, 1.165) is 0 Å². The minimum Gasteiger partial charge on any atom is -0.468 e. The van der Waals surface area contributed by atoms with Crippen LogP contribution >= 0.6 is 0 Å². The van der Waals surface area contributed by atoms with Crippen LogP contribution in [0.15, 0.2) is 74.8 Å². The van der Waals surface area contributed by atoms with Crippen molar-refractivity contribution in [3.8, 4) is 0 Å². The molecular formula is C19H19N3O6S. The molecule has 3 N–H and O–H groups in total. The van der Waals surface area contributed by atoms with E-state index in [2.05, 4.69) is 15.4 Å². The second-order valence-electron chi connectivity index (χ2n) is 6.09. The van der Waals surface area contributed by atoms with Crippen molar-refractivity contribution in [3.63, 3.8) is 0 Å². The summed E-state index contributed by atoms with van der Waals surface area (Å²) >= 11 is 0. The largest absolute Gasteiger partial charge is 0.468 e. The van der Waals surface area contributed by atoms with Gasteiger partial charge in [0.15, 0.2) is 5.76 Å². The molecule has 0 spiro atoms. The lowest BCUT2D eigenvalue weighted by Crippen LogP contribution is -2.41. The summed E-state index contributed by atoms with van der Waals surface area (Å²) in [5.74, 6) is -0.487. The molecule has 10 heteroatoms. The summed E-state index contributed by atoms with van der Waals surface area (Å²) in [5.41, 5.74) is 0.273. The van der Waals surface area contributed by atoms with Gasteiger partial charge >= 0.3 is 0 Å². The lowest BCUT2D eigenvalue weighted by Gasteiger charge is -2.14. The number of carbonyl (C=O) groups excluding carboxylic acids is 2. The van der Waals surface area contributed by atoms with Crippen LogP contribution < -0.4 is 15.4 Å². The van der Waals surface area contributed by atoms with Gasteiger partial charge in [0.25, 0.3) is 5.91 Å². The summed E-state index contributed by atoms with van der Waals surface area (Å²) in [6, 6.07) is 11.3. The van der Waals surface area contributed by atoms with Crippen molar-refractivity contribution in [1.29, 1.82) is 0 Å². The Balaban J connectivity index is 1.62. The highest BCUT2D eigenvalue weighted by Gasteiger charge is 2.19. The Morgan fingerprint density at radius 3 is 2.48 bits per heavy atom. The van der Waals surface area contributed by atoms with E-state index < -0.39 is 27.9 Å². The average molecular weight is 417 g/mol. The van der Waals surface area contributed by atoms with Crippen molar-refractivity contribution in [3.05, 3.63) is 72.6 Å². The summed E-state index contributed by atoms with van der Waals surface area (Å²) in [4.78, 5) is 24.3. The fourth-order valence-electron chi connectivity index (χ4n) is 2.40. The highest BCUT2D eigenvalue weighted by atomic mass is 32.2. The fraction of sp³-hybridized carbons (Fsp3) is 0.158. The Labute approximate surface area is 167 Å². The zero-order chi connectivity index (χ0) is 20.9. The first-order valence-electron chi connectivity index (χ1n) is 8.62. The number of amides is 2. The van der Waals surface area contributed by atoms with Crippen LogP contribution in [0.2, 0.25) is 0 Å². The van der Waals surface area contributed by atoms with Crippen LogP contribution in [0, 0.1) is 0 Å². The Bertz CT molecular complexity index is 1080. The van der Waals surface area contributed by atoms with Gasteiger partial charge in [-0.3, -0.25) is 9.59 Å². The number of rotatable bonds is 8. The van der Waals surface area contributed by atoms with E-state index in [1.165, 1.54) is 43.7 Å². The number of hydrogen-bond acceptors (Lipinski definition) is 6. The van der Waals surface area contributed by atoms with Gasteiger partial charge in [-0.15, -0.1) is 0 Å². The molecule has 0 radical (unpaired) electrons. The first-order valence-corrected chi connectivity index (χ1v) is 10.1. The van der Waals surface area contributed by atoms with Crippen molar-refractivity contribution in [2.75, 3.05) is 5.32 Å². The van der Waals surface area contributed by atoms with Gasteiger partial charge in [-0.1, -0.05) is 6.07 Å². The summed E-state index contributed by atoms with van der Waals surface area (Å²) in [5, 5.41) is 5.08. The first kappa shape index (κ1) is 20.4. The van der Waals surface area contributed by atoms with Gasteiger partial charge < -0.3 is 19.5 Å². The van der Waals surface area contributed by atoms with Gasteiger partial charge in [0, 0.05) is 5.69 Å².